The van der Waals surface area contributed by atoms with E-state index >= 15 is 0 Å². The Kier molecular flexibility index (Phi) is 5.04. The molecule has 1 heterocycles. The molecule has 1 aromatic carbocycles. The van der Waals surface area contributed by atoms with E-state index in [0.29, 0.717) is 5.56 Å². The first kappa shape index (κ1) is 15.2. The van der Waals surface area contributed by atoms with Crippen LogP contribution in [0.5, 0.6) is 0 Å². The lowest BCUT2D eigenvalue weighted by atomic mass is 10.1. The summed E-state index contributed by atoms with van der Waals surface area (Å²) < 4.78 is 2.20. The summed E-state index contributed by atoms with van der Waals surface area (Å²) in [4.78, 5) is 11.7. The molecule has 4 nitrogen and oxygen atoms in total. The van der Waals surface area contributed by atoms with Crippen molar-refractivity contribution in [3.63, 3.8) is 0 Å². The summed E-state index contributed by atoms with van der Waals surface area (Å²) >= 11 is 0. The Labute approximate surface area is 126 Å². The maximum Gasteiger partial charge on any atom is 0.251 e. The third-order valence-electron chi connectivity index (χ3n) is 3.50. The first-order valence-corrected chi connectivity index (χ1v) is 7.35. The van der Waals surface area contributed by atoms with Gasteiger partial charge in [-0.05, 0) is 42.7 Å². The van der Waals surface area contributed by atoms with Gasteiger partial charge in [-0.1, -0.05) is 13.0 Å². The Balaban J connectivity index is 2.06. The Morgan fingerprint density at radius 1 is 1.29 bits per heavy atom. The quantitative estimate of drug-likeness (QED) is 0.856. The molecular formula is C17H23N3O. The van der Waals surface area contributed by atoms with Crippen molar-refractivity contribution in [2.45, 2.75) is 33.4 Å². The highest BCUT2D eigenvalue weighted by atomic mass is 16.1. The molecule has 4 heteroatoms. The number of nitrogens with zero attached hydrogens (tertiary/aromatic N) is 1. The summed E-state index contributed by atoms with van der Waals surface area (Å²) in [5.74, 6) is -0.0628. The molecular weight excluding hydrogens is 262 g/mol. The summed E-state index contributed by atoms with van der Waals surface area (Å²) in [7, 11) is 1.64. The van der Waals surface area contributed by atoms with Gasteiger partial charge in [0, 0.05) is 43.8 Å². The molecule has 21 heavy (non-hydrogen) atoms. The highest BCUT2D eigenvalue weighted by Crippen LogP contribution is 2.18. The molecule has 0 saturated heterocycles. The highest BCUT2D eigenvalue weighted by molar-refractivity contribution is 5.95. The van der Waals surface area contributed by atoms with Gasteiger partial charge in [-0.25, -0.2) is 0 Å². The van der Waals surface area contributed by atoms with Gasteiger partial charge < -0.3 is 15.2 Å². The molecule has 0 aliphatic heterocycles. The molecule has 1 amide bonds. The second-order valence-corrected chi connectivity index (χ2v) is 5.22. The fraction of sp³-hybridized carbons (Fsp3) is 0.353. The molecule has 2 N–H and O–H groups in total. The molecule has 0 aliphatic rings. The minimum absolute atomic E-state index is 0.0628. The Hall–Kier alpha value is -2.23. The van der Waals surface area contributed by atoms with E-state index in [-0.39, 0.29) is 5.91 Å². The lowest BCUT2D eigenvalue weighted by molar-refractivity contribution is 0.0963. The number of hydrogen-bond donors (Lipinski definition) is 2. The SMILES string of the molecule is CCCn1ccc(CNc2cc(C(=O)NC)ccc2C)c1. The highest BCUT2D eigenvalue weighted by Gasteiger charge is 2.06. The van der Waals surface area contributed by atoms with Crippen LogP contribution in [0.1, 0.15) is 34.8 Å². The maximum atomic E-state index is 11.7. The van der Waals surface area contributed by atoms with E-state index < -0.39 is 0 Å². The molecule has 0 radical (unpaired) electrons. The molecule has 0 spiro atoms. The van der Waals surface area contributed by atoms with Crippen LogP contribution in [-0.4, -0.2) is 17.5 Å². The Morgan fingerprint density at radius 2 is 2.10 bits per heavy atom. The van der Waals surface area contributed by atoms with Gasteiger partial charge in [0.25, 0.3) is 5.91 Å². The molecule has 0 saturated carbocycles. The van der Waals surface area contributed by atoms with Gasteiger partial charge in [-0.2, -0.15) is 0 Å². The lowest BCUT2D eigenvalue weighted by Gasteiger charge is -2.10. The number of carbonyl (C=O) groups excluding carboxylic acids is 1. The van der Waals surface area contributed by atoms with Crippen LogP contribution in [0.3, 0.4) is 0 Å². The van der Waals surface area contributed by atoms with E-state index in [1.165, 1.54) is 5.56 Å². The number of anilines is 1. The van der Waals surface area contributed by atoms with Gasteiger partial charge in [0.2, 0.25) is 0 Å². The van der Waals surface area contributed by atoms with Crippen LogP contribution < -0.4 is 10.6 Å². The van der Waals surface area contributed by atoms with Gasteiger partial charge >= 0.3 is 0 Å². The van der Waals surface area contributed by atoms with Crippen LogP contribution in [0.15, 0.2) is 36.7 Å². The second-order valence-electron chi connectivity index (χ2n) is 5.22. The molecule has 0 atom stereocenters. The van der Waals surface area contributed by atoms with Crippen molar-refractivity contribution in [3.05, 3.63) is 53.3 Å². The van der Waals surface area contributed by atoms with Crippen molar-refractivity contribution >= 4 is 11.6 Å². The van der Waals surface area contributed by atoms with E-state index in [4.69, 9.17) is 0 Å². The van der Waals surface area contributed by atoms with E-state index in [2.05, 4.69) is 40.6 Å². The predicted octanol–water partition coefficient (Wildman–Crippen LogP) is 3.18. The third-order valence-corrected chi connectivity index (χ3v) is 3.50. The van der Waals surface area contributed by atoms with Crippen LogP contribution in [0.4, 0.5) is 5.69 Å². The number of benzene rings is 1. The third kappa shape index (κ3) is 3.88. The average Bonchev–Trinajstić information content (AvgIpc) is 2.93. The van der Waals surface area contributed by atoms with E-state index in [1.807, 2.05) is 25.1 Å². The van der Waals surface area contributed by atoms with Gasteiger partial charge in [-0.3, -0.25) is 4.79 Å². The first-order chi connectivity index (χ1) is 10.1. The van der Waals surface area contributed by atoms with Crippen LogP contribution in [0.25, 0.3) is 0 Å². The molecule has 2 rings (SSSR count). The van der Waals surface area contributed by atoms with Gasteiger partial charge in [0.15, 0.2) is 0 Å². The maximum absolute atomic E-state index is 11.7. The van der Waals surface area contributed by atoms with E-state index in [1.54, 1.807) is 7.05 Å². The normalized spacial score (nSPS) is 10.4. The number of carbonyl (C=O) groups is 1. The molecule has 0 aliphatic carbocycles. The zero-order chi connectivity index (χ0) is 15.2. The zero-order valence-electron chi connectivity index (χ0n) is 12.9. The summed E-state index contributed by atoms with van der Waals surface area (Å²) in [6.07, 6.45) is 5.40. The molecule has 0 bridgehead atoms. The van der Waals surface area contributed by atoms with Crippen molar-refractivity contribution in [1.29, 1.82) is 0 Å². The number of aromatic nitrogens is 1. The number of amides is 1. The van der Waals surface area contributed by atoms with Gasteiger partial charge in [0.1, 0.15) is 0 Å². The van der Waals surface area contributed by atoms with Crippen molar-refractivity contribution in [2.75, 3.05) is 12.4 Å². The van der Waals surface area contributed by atoms with E-state index in [0.717, 1.165) is 30.8 Å². The number of aryl methyl sites for hydroxylation is 2. The number of rotatable bonds is 6. The fourth-order valence-corrected chi connectivity index (χ4v) is 2.29. The Morgan fingerprint density at radius 3 is 2.81 bits per heavy atom. The first-order valence-electron chi connectivity index (χ1n) is 7.35. The smallest absolute Gasteiger partial charge is 0.251 e. The van der Waals surface area contributed by atoms with Crippen LogP contribution in [0.2, 0.25) is 0 Å². The molecule has 1 aromatic heterocycles. The summed E-state index contributed by atoms with van der Waals surface area (Å²) in [6.45, 7) is 6.02. The molecule has 2 aromatic rings. The average molecular weight is 285 g/mol. The number of nitrogens with one attached hydrogen (secondary N) is 2. The summed E-state index contributed by atoms with van der Waals surface area (Å²) in [6, 6.07) is 7.84. The van der Waals surface area contributed by atoms with Crippen molar-refractivity contribution in [2.24, 2.45) is 0 Å². The standard InChI is InChI=1S/C17H23N3O/c1-4-8-20-9-7-14(12-20)11-19-16-10-15(17(21)18-3)6-5-13(16)2/h5-7,9-10,12,19H,4,8,11H2,1-3H3,(H,18,21). The summed E-state index contributed by atoms with van der Waals surface area (Å²) in [5.41, 5.74) is 4.05. The monoisotopic (exact) mass is 285 g/mol. The van der Waals surface area contributed by atoms with Gasteiger partial charge in [0.05, 0.1) is 0 Å². The molecule has 0 unspecified atom stereocenters. The van der Waals surface area contributed by atoms with Crippen LogP contribution in [-0.2, 0) is 13.1 Å². The Bertz CT molecular complexity index is 616. The van der Waals surface area contributed by atoms with E-state index in [9.17, 15) is 4.79 Å². The molecule has 112 valence electrons. The fourth-order valence-electron chi connectivity index (χ4n) is 2.29. The predicted molar refractivity (Wildman–Crippen MR) is 86.6 cm³/mol. The second kappa shape index (κ2) is 6.97. The largest absolute Gasteiger partial charge is 0.381 e. The van der Waals surface area contributed by atoms with Crippen LogP contribution in [0, 0.1) is 6.92 Å². The lowest BCUT2D eigenvalue weighted by Crippen LogP contribution is -2.18. The van der Waals surface area contributed by atoms with Crippen molar-refractivity contribution in [1.82, 2.24) is 9.88 Å². The van der Waals surface area contributed by atoms with Crippen molar-refractivity contribution in [3.8, 4) is 0 Å². The number of hydrogen-bond acceptors (Lipinski definition) is 2. The minimum atomic E-state index is -0.0628. The van der Waals surface area contributed by atoms with Gasteiger partial charge in [-0.15, -0.1) is 0 Å². The zero-order valence-corrected chi connectivity index (χ0v) is 12.9. The van der Waals surface area contributed by atoms with Crippen molar-refractivity contribution < 1.29 is 4.79 Å². The topological polar surface area (TPSA) is 46.1 Å². The van der Waals surface area contributed by atoms with Crippen LogP contribution >= 0.6 is 0 Å². The minimum Gasteiger partial charge on any atom is -0.381 e. The molecule has 0 fully saturated rings. The summed E-state index contributed by atoms with van der Waals surface area (Å²) in [5, 5.41) is 6.06.